The van der Waals surface area contributed by atoms with Crippen molar-refractivity contribution in [3.05, 3.63) is 35.1 Å². The van der Waals surface area contributed by atoms with Crippen LogP contribution in [0.15, 0.2) is 18.2 Å². The highest BCUT2D eigenvalue weighted by atomic mass is 19.4. The number of nitrogens with one attached hydrogen (secondary N) is 1. The first-order chi connectivity index (χ1) is 8.80. The third-order valence-electron chi connectivity index (χ3n) is 2.71. The van der Waals surface area contributed by atoms with Crippen molar-refractivity contribution in [1.29, 1.82) is 0 Å². The van der Waals surface area contributed by atoms with Crippen LogP contribution in [-0.4, -0.2) is 13.1 Å². The number of halogens is 4. The van der Waals surface area contributed by atoms with E-state index in [9.17, 15) is 17.6 Å². The van der Waals surface area contributed by atoms with Crippen LogP contribution in [-0.2, 0) is 12.6 Å². The van der Waals surface area contributed by atoms with E-state index in [1.807, 2.05) is 0 Å². The maximum atomic E-state index is 13.1. The van der Waals surface area contributed by atoms with Crippen molar-refractivity contribution < 1.29 is 17.6 Å². The van der Waals surface area contributed by atoms with Gasteiger partial charge in [-0.3, -0.25) is 0 Å². The SMILES string of the molecule is CC(C)CNCCCc1ccc(F)c(C(F)(F)F)c1. The lowest BCUT2D eigenvalue weighted by Gasteiger charge is -2.10. The Kier molecular flexibility index (Phi) is 5.79. The maximum Gasteiger partial charge on any atom is 0.419 e. The molecule has 108 valence electrons. The number of hydrogen-bond acceptors (Lipinski definition) is 1. The summed E-state index contributed by atoms with van der Waals surface area (Å²) in [4.78, 5) is 0. The minimum absolute atomic E-state index is 0.508. The molecule has 0 saturated carbocycles. The fourth-order valence-electron chi connectivity index (χ4n) is 1.75. The highest BCUT2D eigenvalue weighted by Crippen LogP contribution is 2.32. The van der Waals surface area contributed by atoms with Crippen LogP contribution >= 0.6 is 0 Å². The summed E-state index contributed by atoms with van der Waals surface area (Å²) in [6.45, 7) is 5.80. The second-order valence-electron chi connectivity index (χ2n) is 5.01. The molecule has 0 aliphatic heterocycles. The van der Waals surface area contributed by atoms with E-state index >= 15 is 0 Å². The van der Waals surface area contributed by atoms with Crippen LogP contribution in [0.4, 0.5) is 17.6 Å². The van der Waals surface area contributed by atoms with Crippen molar-refractivity contribution in [2.24, 2.45) is 5.92 Å². The van der Waals surface area contributed by atoms with E-state index in [1.54, 1.807) is 0 Å². The summed E-state index contributed by atoms with van der Waals surface area (Å²) in [5.74, 6) is -0.670. The highest BCUT2D eigenvalue weighted by Gasteiger charge is 2.34. The monoisotopic (exact) mass is 277 g/mol. The second-order valence-corrected chi connectivity index (χ2v) is 5.01. The maximum absolute atomic E-state index is 13.1. The molecule has 0 saturated heterocycles. The summed E-state index contributed by atoms with van der Waals surface area (Å²) in [7, 11) is 0. The van der Waals surface area contributed by atoms with Crippen LogP contribution in [0.5, 0.6) is 0 Å². The topological polar surface area (TPSA) is 12.0 Å². The molecule has 1 aromatic carbocycles. The van der Waals surface area contributed by atoms with E-state index in [4.69, 9.17) is 0 Å². The number of aryl methyl sites for hydroxylation is 1. The lowest BCUT2D eigenvalue weighted by molar-refractivity contribution is -0.140. The van der Waals surface area contributed by atoms with E-state index in [0.717, 1.165) is 31.6 Å². The van der Waals surface area contributed by atoms with Gasteiger partial charge in [0, 0.05) is 0 Å². The lowest BCUT2D eigenvalue weighted by Crippen LogP contribution is -2.21. The van der Waals surface area contributed by atoms with Crippen molar-refractivity contribution in [3.63, 3.8) is 0 Å². The molecule has 0 atom stereocenters. The molecule has 1 aromatic rings. The molecule has 0 spiro atoms. The van der Waals surface area contributed by atoms with E-state index in [-0.39, 0.29) is 0 Å². The number of rotatable bonds is 6. The molecule has 0 fully saturated rings. The van der Waals surface area contributed by atoms with Gasteiger partial charge in [0.05, 0.1) is 5.56 Å². The van der Waals surface area contributed by atoms with Crippen LogP contribution < -0.4 is 5.32 Å². The Bertz CT molecular complexity index is 399. The summed E-state index contributed by atoms with van der Waals surface area (Å²) in [5, 5.41) is 3.22. The molecule has 0 aliphatic carbocycles. The molecule has 0 bridgehead atoms. The normalized spacial score (nSPS) is 12.2. The largest absolute Gasteiger partial charge is 0.419 e. The molecule has 0 amide bonds. The first-order valence-electron chi connectivity index (χ1n) is 6.37. The standard InChI is InChI=1S/C14H19F4N/c1-10(2)9-19-7-3-4-11-5-6-13(15)12(8-11)14(16,17)18/h5-6,8,10,19H,3-4,7,9H2,1-2H3. The van der Waals surface area contributed by atoms with Gasteiger partial charge in [0.15, 0.2) is 0 Å². The van der Waals surface area contributed by atoms with E-state index in [2.05, 4.69) is 19.2 Å². The molecule has 0 heterocycles. The molecule has 0 aromatic heterocycles. The van der Waals surface area contributed by atoms with Crippen molar-refractivity contribution >= 4 is 0 Å². The van der Waals surface area contributed by atoms with Crippen LogP contribution in [0, 0.1) is 11.7 Å². The predicted octanol–water partition coefficient (Wildman–Crippen LogP) is 4.02. The van der Waals surface area contributed by atoms with Crippen LogP contribution in [0.3, 0.4) is 0 Å². The van der Waals surface area contributed by atoms with E-state index in [0.29, 0.717) is 17.9 Å². The molecule has 0 aliphatic rings. The molecule has 0 unspecified atom stereocenters. The van der Waals surface area contributed by atoms with Gasteiger partial charge in [-0.2, -0.15) is 13.2 Å². The summed E-state index contributed by atoms with van der Waals surface area (Å²) >= 11 is 0. The van der Waals surface area contributed by atoms with Crippen LogP contribution in [0.2, 0.25) is 0 Å². The predicted molar refractivity (Wildman–Crippen MR) is 67.4 cm³/mol. The van der Waals surface area contributed by atoms with E-state index < -0.39 is 17.6 Å². The van der Waals surface area contributed by atoms with Gasteiger partial charge < -0.3 is 5.32 Å². The fraction of sp³-hybridized carbons (Fsp3) is 0.571. The molecular weight excluding hydrogens is 258 g/mol. The van der Waals surface area contributed by atoms with Crippen molar-refractivity contribution in [2.75, 3.05) is 13.1 Å². The summed E-state index contributed by atoms with van der Waals surface area (Å²) < 4.78 is 50.6. The zero-order chi connectivity index (χ0) is 14.5. The van der Waals surface area contributed by atoms with Gasteiger partial charge in [-0.1, -0.05) is 19.9 Å². The molecule has 1 nitrogen and oxygen atoms in total. The van der Waals surface area contributed by atoms with Gasteiger partial charge in [-0.05, 0) is 49.5 Å². The molecule has 19 heavy (non-hydrogen) atoms. The Morgan fingerprint density at radius 3 is 2.47 bits per heavy atom. The quantitative estimate of drug-likeness (QED) is 0.611. The molecule has 1 N–H and O–H groups in total. The first-order valence-corrected chi connectivity index (χ1v) is 6.37. The number of benzene rings is 1. The van der Waals surface area contributed by atoms with E-state index in [1.165, 1.54) is 6.07 Å². The number of hydrogen-bond donors (Lipinski definition) is 1. The zero-order valence-electron chi connectivity index (χ0n) is 11.1. The van der Waals surface area contributed by atoms with Gasteiger partial charge in [-0.15, -0.1) is 0 Å². The highest BCUT2D eigenvalue weighted by molar-refractivity contribution is 5.27. The summed E-state index contributed by atoms with van der Waals surface area (Å²) in [5.41, 5.74) is -0.666. The Balaban J connectivity index is 2.51. The summed E-state index contributed by atoms with van der Waals surface area (Å²) in [6, 6.07) is 3.20. The average molecular weight is 277 g/mol. The Labute approximate surface area is 111 Å². The van der Waals surface area contributed by atoms with Crippen LogP contribution in [0.1, 0.15) is 31.4 Å². The smallest absolute Gasteiger partial charge is 0.316 e. The molecule has 1 rings (SSSR count). The van der Waals surface area contributed by atoms with Gasteiger partial charge in [0.25, 0.3) is 0 Å². The second kappa shape index (κ2) is 6.89. The van der Waals surface area contributed by atoms with Gasteiger partial charge >= 0.3 is 6.18 Å². The zero-order valence-corrected chi connectivity index (χ0v) is 11.1. The minimum Gasteiger partial charge on any atom is -0.316 e. The van der Waals surface area contributed by atoms with Crippen LogP contribution in [0.25, 0.3) is 0 Å². The molecule has 5 heteroatoms. The fourth-order valence-corrected chi connectivity index (χ4v) is 1.75. The summed E-state index contributed by atoms with van der Waals surface area (Å²) in [6.07, 6.45) is -3.39. The number of alkyl halides is 3. The Morgan fingerprint density at radius 1 is 1.21 bits per heavy atom. The van der Waals surface area contributed by atoms with Crippen molar-refractivity contribution in [1.82, 2.24) is 5.32 Å². The Hall–Kier alpha value is -1.10. The minimum atomic E-state index is -4.63. The van der Waals surface area contributed by atoms with Gasteiger partial charge in [0.2, 0.25) is 0 Å². The average Bonchev–Trinajstić information content (AvgIpc) is 2.28. The van der Waals surface area contributed by atoms with Crippen molar-refractivity contribution in [2.45, 2.75) is 32.9 Å². The third-order valence-corrected chi connectivity index (χ3v) is 2.71. The van der Waals surface area contributed by atoms with Crippen molar-refractivity contribution in [3.8, 4) is 0 Å². The lowest BCUT2D eigenvalue weighted by atomic mass is 10.1. The van der Waals surface area contributed by atoms with Gasteiger partial charge in [0.1, 0.15) is 5.82 Å². The molecule has 0 radical (unpaired) electrons. The third kappa shape index (κ3) is 5.59. The molecular formula is C14H19F4N. The first kappa shape index (κ1) is 16.0. The Morgan fingerprint density at radius 2 is 1.89 bits per heavy atom. The van der Waals surface area contributed by atoms with Gasteiger partial charge in [-0.25, -0.2) is 4.39 Å².